The number of Topliss-reactive ketones (excluding diaryl/α,β-unsaturated/α-hetero) is 1. The molecule has 1 spiro atoms. The summed E-state index contributed by atoms with van der Waals surface area (Å²) in [4.78, 5) is 23.9. The highest BCUT2D eigenvalue weighted by Crippen LogP contribution is 2.45. The fourth-order valence-corrected chi connectivity index (χ4v) is 4.16. The lowest BCUT2D eigenvalue weighted by atomic mass is 9.76. The zero-order chi connectivity index (χ0) is 14.9. The minimum atomic E-state index is -1.39. The van der Waals surface area contributed by atoms with Crippen LogP contribution in [-0.4, -0.2) is 41.8 Å². The van der Waals surface area contributed by atoms with E-state index in [9.17, 15) is 14.7 Å². The number of hydrogen-bond donors (Lipinski definition) is 1. The highest BCUT2D eigenvalue weighted by atomic mass is 16.5. The molecule has 2 saturated heterocycles. The molecular weight excluding hydrogens is 272 g/mol. The van der Waals surface area contributed by atoms with Crippen molar-refractivity contribution in [2.75, 3.05) is 13.2 Å². The lowest BCUT2D eigenvalue weighted by Gasteiger charge is -2.36. The molecule has 2 atom stereocenters. The molecule has 0 amide bonds. The van der Waals surface area contributed by atoms with Crippen LogP contribution in [0, 0.1) is 5.41 Å². The second kappa shape index (κ2) is 5.69. The minimum absolute atomic E-state index is 0.00593. The molecule has 2 heterocycles. The maximum atomic E-state index is 12.2. The van der Waals surface area contributed by atoms with Crippen LogP contribution in [0.4, 0.5) is 0 Å². The van der Waals surface area contributed by atoms with E-state index in [1.807, 2.05) is 0 Å². The summed E-state index contributed by atoms with van der Waals surface area (Å²) in [5, 5.41) is 9.56. The van der Waals surface area contributed by atoms with E-state index < -0.39 is 11.4 Å². The summed E-state index contributed by atoms with van der Waals surface area (Å²) in [6.45, 7) is 0.331. The van der Waals surface area contributed by atoms with Crippen LogP contribution in [0.25, 0.3) is 0 Å². The average molecular weight is 296 g/mol. The van der Waals surface area contributed by atoms with Crippen LogP contribution in [0.2, 0.25) is 0 Å². The Labute approximate surface area is 125 Å². The average Bonchev–Trinajstić information content (AvgIpc) is 2.84. The van der Waals surface area contributed by atoms with Crippen molar-refractivity contribution in [3.63, 3.8) is 0 Å². The first-order chi connectivity index (χ1) is 10.1. The molecule has 5 nitrogen and oxygen atoms in total. The van der Waals surface area contributed by atoms with Crippen LogP contribution in [0.3, 0.4) is 0 Å². The fourth-order valence-electron chi connectivity index (χ4n) is 4.16. The molecule has 1 saturated carbocycles. The summed E-state index contributed by atoms with van der Waals surface area (Å²) in [5.74, 6) is -1.25. The van der Waals surface area contributed by atoms with Crippen molar-refractivity contribution in [3.05, 3.63) is 0 Å². The Bertz CT molecular complexity index is 426. The number of ether oxygens (including phenoxy) is 2. The Kier molecular flexibility index (Phi) is 4.06. The molecule has 1 aliphatic carbocycles. The predicted molar refractivity (Wildman–Crippen MR) is 75.1 cm³/mol. The van der Waals surface area contributed by atoms with E-state index in [0.717, 1.165) is 25.7 Å². The first-order valence-electron chi connectivity index (χ1n) is 8.09. The van der Waals surface area contributed by atoms with Gasteiger partial charge in [-0.2, -0.15) is 0 Å². The predicted octanol–water partition coefficient (Wildman–Crippen LogP) is 2.32. The van der Waals surface area contributed by atoms with Crippen LogP contribution in [0.5, 0.6) is 0 Å². The molecule has 0 aromatic rings. The molecule has 3 rings (SSSR count). The minimum Gasteiger partial charge on any atom is -0.480 e. The first kappa shape index (κ1) is 15.0. The lowest BCUT2D eigenvalue weighted by Crippen LogP contribution is -2.49. The van der Waals surface area contributed by atoms with Gasteiger partial charge in [0.2, 0.25) is 0 Å². The Morgan fingerprint density at radius 2 is 2.00 bits per heavy atom. The largest absolute Gasteiger partial charge is 0.480 e. The summed E-state index contributed by atoms with van der Waals surface area (Å²) in [6.07, 6.45) is 8.02. The third-order valence-electron chi connectivity index (χ3n) is 5.44. The molecule has 1 N–H and O–H groups in total. The monoisotopic (exact) mass is 296 g/mol. The second-order valence-electron chi connectivity index (χ2n) is 6.84. The Morgan fingerprint density at radius 1 is 1.24 bits per heavy atom. The summed E-state index contributed by atoms with van der Waals surface area (Å²) < 4.78 is 11.6. The quantitative estimate of drug-likeness (QED) is 0.809. The number of carbonyl (C=O) groups is 2. The smallest absolute Gasteiger partial charge is 0.319 e. The number of carboxylic acids is 1. The summed E-state index contributed by atoms with van der Waals surface area (Å²) >= 11 is 0. The maximum Gasteiger partial charge on any atom is 0.319 e. The van der Waals surface area contributed by atoms with Crippen LogP contribution in [-0.2, 0) is 19.1 Å². The number of carboxylic acid groups (broad SMARTS) is 1. The van der Waals surface area contributed by atoms with Gasteiger partial charge >= 0.3 is 5.97 Å². The number of carbonyl (C=O) groups excluding carboxylic acids is 1. The van der Waals surface area contributed by atoms with Crippen molar-refractivity contribution in [2.24, 2.45) is 5.41 Å². The number of rotatable bonds is 3. The molecule has 2 unspecified atom stereocenters. The molecule has 21 heavy (non-hydrogen) atoms. The Morgan fingerprint density at radius 3 is 2.67 bits per heavy atom. The van der Waals surface area contributed by atoms with Crippen molar-refractivity contribution in [1.82, 2.24) is 0 Å². The molecule has 0 aromatic heterocycles. The summed E-state index contributed by atoms with van der Waals surface area (Å²) in [6, 6.07) is 0. The summed E-state index contributed by atoms with van der Waals surface area (Å²) in [5.41, 5.74) is -1.43. The van der Waals surface area contributed by atoms with E-state index in [-0.39, 0.29) is 36.9 Å². The highest BCUT2D eigenvalue weighted by molar-refractivity contribution is 6.03. The van der Waals surface area contributed by atoms with Crippen LogP contribution < -0.4 is 0 Å². The molecule has 118 valence electrons. The molecule has 2 aliphatic heterocycles. The molecular formula is C16H24O5. The SMILES string of the molecule is O=C(O)C1(CC2CCC3(CCCCC3)O2)COCCC1=O. The first-order valence-corrected chi connectivity index (χ1v) is 8.09. The number of aliphatic carboxylic acids is 1. The Balaban J connectivity index is 1.70. The lowest BCUT2D eigenvalue weighted by molar-refractivity contribution is -0.170. The standard InChI is InChI=1S/C16H24O5/c17-13-5-9-20-11-16(13,14(18)19)10-12-4-8-15(21-12)6-2-1-3-7-15/h12H,1-11H2,(H,18,19). The van der Waals surface area contributed by atoms with Gasteiger partial charge < -0.3 is 14.6 Å². The van der Waals surface area contributed by atoms with Crippen molar-refractivity contribution >= 4 is 11.8 Å². The van der Waals surface area contributed by atoms with Gasteiger partial charge in [0.05, 0.1) is 24.9 Å². The van der Waals surface area contributed by atoms with Crippen LogP contribution in [0.15, 0.2) is 0 Å². The Hall–Kier alpha value is -0.940. The third-order valence-corrected chi connectivity index (χ3v) is 5.44. The van der Waals surface area contributed by atoms with Crippen molar-refractivity contribution in [1.29, 1.82) is 0 Å². The van der Waals surface area contributed by atoms with Gasteiger partial charge in [-0.1, -0.05) is 19.3 Å². The summed E-state index contributed by atoms with van der Waals surface area (Å²) in [7, 11) is 0. The van der Waals surface area contributed by atoms with Crippen LogP contribution in [0.1, 0.15) is 57.8 Å². The van der Waals surface area contributed by atoms with Crippen LogP contribution >= 0.6 is 0 Å². The van der Waals surface area contributed by atoms with Crippen molar-refractivity contribution in [3.8, 4) is 0 Å². The van der Waals surface area contributed by atoms with Gasteiger partial charge in [-0.05, 0) is 32.1 Å². The van der Waals surface area contributed by atoms with Crippen molar-refractivity contribution in [2.45, 2.75) is 69.5 Å². The molecule has 0 radical (unpaired) electrons. The molecule has 0 bridgehead atoms. The van der Waals surface area contributed by atoms with Gasteiger partial charge in [0.15, 0.2) is 11.2 Å². The highest BCUT2D eigenvalue weighted by Gasteiger charge is 2.52. The van der Waals surface area contributed by atoms with E-state index >= 15 is 0 Å². The second-order valence-corrected chi connectivity index (χ2v) is 6.84. The van der Waals surface area contributed by atoms with Gasteiger partial charge in [-0.3, -0.25) is 9.59 Å². The zero-order valence-corrected chi connectivity index (χ0v) is 12.4. The number of ketones is 1. The molecule has 3 fully saturated rings. The molecule has 5 heteroatoms. The van der Waals surface area contributed by atoms with Crippen molar-refractivity contribution < 1.29 is 24.2 Å². The van der Waals surface area contributed by atoms with Gasteiger partial charge in [-0.15, -0.1) is 0 Å². The molecule has 0 aromatic carbocycles. The van der Waals surface area contributed by atoms with E-state index in [0.29, 0.717) is 6.61 Å². The fraction of sp³-hybridized carbons (Fsp3) is 0.875. The molecule has 3 aliphatic rings. The number of hydrogen-bond acceptors (Lipinski definition) is 4. The van der Waals surface area contributed by atoms with Gasteiger partial charge in [0, 0.05) is 6.42 Å². The van der Waals surface area contributed by atoms with Gasteiger partial charge in [-0.25, -0.2) is 0 Å². The van der Waals surface area contributed by atoms with Gasteiger partial charge in [0.25, 0.3) is 0 Å². The maximum absolute atomic E-state index is 12.2. The normalized spacial score (nSPS) is 36.0. The van der Waals surface area contributed by atoms with Gasteiger partial charge in [0.1, 0.15) is 0 Å². The van der Waals surface area contributed by atoms with E-state index in [1.54, 1.807) is 0 Å². The van der Waals surface area contributed by atoms with E-state index in [1.165, 1.54) is 19.3 Å². The van der Waals surface area contributed by atoms with E-state index in [4.69, 9.17) is 9.47 Å². The zero-order valence-electron chi connectivity index (χ0n) is 12.4. The third kappa shape index (κ3) is 2.73. The van der Waals surface area contributed by atoms with E-state index in [2.05, 4.69) is 0 Å². The topological polar surface area (TPSA) is 72.8 Å².